The standard InChI is InChI=1S/C15H16BrNO5/c16-11-6-10(7-12-13(11)22-5-4-21-12)14(18)17-3-1-2-9(8-17)15(19)20/h6-7,9H,1-5,8H2,(H,19,20)/t9-/m0/s1. The fraction of sp³-hybridized carbons (Fsp3) is 0.467. The van der Waals surface area contributed by atoms with Crippen molar-refractivity contribution in [2.24, 2.45) is 5.92 Å². The number of hydrogen-bond donors (Lipinski definition) is 1. The third-order valence-corrected chi connectivity index (χ3v) is 4.49. The predicted molar refractivity (Wildman–Crippen MR) is 81.4 cm³/mol. The molecule has 0 aromatic heterocycles. The molecule has 0 spiro atoms. The summed E-state index contributed by atoms with van der Waals surface area (Å²) in [7, 11) is 0. The molecule has 1 fully saturated rings. The van der Waals surface area contributed by atoms with Crippen molar-refractivity contribution in [2.45, 2.75) is 12.8 Å². The third-order valence-electron chi connectivity index (χ3n) is 3.90. The molecule has 7 heteroatoms. The fourth-order valence-electron chi connectivity index (χ4n) is 2.78. The highest BCUT2D eigenvalue weighted by atomic mass is 79.9. The van der Waals surface area contributed by atoms with Crippen LogP contribution in [0.1, 0.15) is 23.2 Å². The molecule has 1 aromatic carbocycles. The van der Waals surface area contributed by atoms with Gasteiger partial charge in [-0.3, -0.25) is 9.59 Å². The van der Waals surface area contributed by atoms with Gasteiger partial charge in [-0.1, -0.05) is 0 Å². The van der Waals surface area contributed by atoms with Gasteiger partial charge in [0.15, 0.2) is 11.5 Å². The Hall–Kier alpha value is -1.76. The van der Waals surface area contributed by atoms with Crippen molar-refractivity contribution >= 4 is 27.8 Å². The summed E-state index contributed by atoms with van der Waals surface area (Å²) in [5.74, 6) is -0.372. The van der Waals surface area contributed by atoms with Crippen molar-refractivity contribution in [1.82, 2.24) is 4.90 Å². The summed E-state index contributed by atoms with van der Waals surface area (Å²) in [4.78, 5) is 25.3. The molecule has 3 rings (SSSR count). The quantitative estimate of drug-likeness (QED) is 0.864. The molecule has 1 amide bonds. The molecule has 2 heterocycles. The van der Waals surface area contributed by atoms with E-state index in [1.165, 1.54) is 0 Å². The number of carboxylic acid groups (broad SMARTS) is 1. The lowest BCUT2D eigenvalue weighted by molar-refractivity contribution is -0.143. The maximum atomic E-state index is 12.6. The number of hydrogen-bond acceptors (Lipinski definition) is 4. The van der Waals surface area contributed by atoms with Crippen molar-refractivity contribution in [3.05, 3.63) is 22.2 Å². The number of nitrogens with zero attached hydrogens (tertiary/aromatic N) is 1. The van der Waals surface area contributed by atoms with E-state index in [4.69, 9.17) is 14.6 Å². The lowest BCUT2D eigenvalue weighted by Gasteiger charge is -2.31. The summed E-state index contributed by atoms with van der Waals surface area (Å²) in [5, 5.41) is 9.13. The van der Waals surface area contributed by atoms with E-state index in [1.807, 2.05) is 0 Å². The molecule has 1 N–H and O–H groups in total. The van der Waals surface area contributed by atoms with Gasteiger partial charge in [0.25, 0.3) is 5.91 Å². The molecule has 2 aliphatic heterocycles. The van der Waals surface area contributed by atoms with Gasteiger partial charge in [-0.25, -0.2) is 0 Å². The Kier molecular flexibility index (Phi) is 4.24. The highest BCUT2D eigenvalue weighted by Gasteiger charge is 2.29. The highest BCUT2D eigenvalue weighted by molar-refractivity contribution is 9.10. The zero-order chi connectivity index (χ0) is 15.7. The highest BCUT2D eigenvalue weighted by Crippen LogP contribution is 2.39. The van der Waals surface area contributed by atoms with Crippen molar-refractivity contribution in [3.8, 4) is 11.5 Å². The van der Waals surface area contributed by atoms with Crippen molar-refractivity contribution in [1.29, 1.82) is 0 Å². The Labute approximate surface area is 136 Å². The summed E-state index contributed by atoms with van der Waals surface area (Å²) < 4.78 is 11.7. The molecular formula is C15H16BrNO5. The topological polar surface area (TPSA) is 76.1 Å². The average molecular weight is 370 g/mol. The molecule has 1 atom stereocenters. The number of likely N-dealkylation sites (tertiary alicyclic amines) is 1. The minimum absolute atomic E-state index is 0.177. The van der Waals surface area contributed by atoms with E-state index >= 15 is 0 Å². The van der Waals surface area contributed by atoms with Crippen LogP contribution in [0.5, 0.6) is 11.5 Å². The molecular weight excluding hydrogens is 354 g/mol. The number of fused-ring (bicyclic) bond motifs is 1. The largest absolute Gasteiger partial charge is 0.486 e. The Bertz CT molecular complexity index is 618. The van der Waals surface area contributed by atoms with Crippen LogP contribution < -0.4 is 9.47 Å². The molecule has 6 nitrogen and oxygen atoms in total. The maximum Gasteiger partial charge on any atom is 0.308 e. The number of benzene rings is 1. The molecule has 2 aliphatic rings. The minimum atomic E-state index is -0.846. The van der Waals surface area contributed by atoms with Crippen LogP contribution in [0, 0.1) is 5.92 Å². The Balaban J connectivity index is 1.83. The molecule has 118 valence electrons. The second kappa shape index (κ2) is 6.16. The number of halogens is 1. The van der Waals surface area contributed by atoms with Crippen molar-refractivity contribution in [2.75, 3.05) is 26.3 Å². The lowest BCUT2D eigenvalue weighted by atomic mass is 9.97. The lowest BCUT2D eigenvalue weighted by Crippen LogP contribution is -2.42. The average Bonchev–Trinajstić information content (AvgIpc) is 2.54. The van der Waals surface area contributed by atoms with Crippen LogP contribution in [-0.2, 0) is 4.79 Å². The zero-order valence-electron chi connectivity index (χ0n) is 11.9. The van der Waals surface area contributed by atoms with Crippen LogP contribution in [0.15, 0.2) is 16.6 Å². The number of carbonyl (C=O) groups is 2. The van der Waals surface area contributed by atoms with Crippen LogP contribution in [0.4, 0.5) is 0 Å². The number of carbonyl (C=O) groups excluding carboxylic acids is 1. The fourth-order valence-corrected chi connectivity index (χ4v) is 3.34. The second-order valence-corrected chi connectivity index (χ2v) is 6.27. The van der Waals surface area contributed by atoms with Crippen LogP contribution in [0.2, 0.25) is 0 Å². The number of carboxylic acids is 1. The van der Waals surface area contributed by atoms with Crippen molar-refractivity contribution in [3.63, 3.8) is 0 Å². The molecule has 0 aliphatic carbocycles. The molecule has 22 heavy (non-hydrogen) atoms. The summed E-state index contributed by atoms with van der Waals surface area (Å²) in [5.41, 5.74) is 0.474. The third kappa shape index (κ3) is 2.90. The predicted octanol–water partition coefficient (Wildman–Crippen LogP) is 2.16. The minimum Gasteiger partial charge on any atom is -0.486 e. The van der Waals surface area contributed by atoms with E-state index in [-0.39, 0.29) is 12.5 Å². The van der Waals surface area contributed by atoms with Gasteiger partial charge in [0.2, 0.25) is 0 Å². The summed E-state index contributed by atoms with van der Waals surface area (Å²) in [6.07, 6.45) is 1.32. The van der Waals surface area contributed by atoms with E-state index in [0.717, 1.165) is 0 Å². The molecule has 0 unspecified atom stereocenters. The van der Waals surface area contributed by atoms with Crippen LogP contribution in [0.3, 0.4) is 0 Å². The SMILES string of the molecule is O=C(O)[C@H]1CCCN(C(=O)c2cc(Br)c3c(c2)OCCO3)C1. The van der Waals surface area contributed by atoms with Gasteiger partial charge < -0.3 is 19.5 Å². The number of aliphatic carboxylic acids is 1. The van der Waals surface area contributed by atoms with Gasteiger partial charge in [0, 0.05) is 18.7 Å². The van der Waals surface area contributed by atoms with Crippen LogP contribution >= 0.6 is 15.9 Å². The first-order chi connectivity index (χ1) is 10.6. The smallest absolute Gasteiger partial charge is 0.308 e. The van der Waals surface area contributed by atoms with Crippen LogP contribution in [0.25, 0.3) is 0 Å². The van der Waals surface area contributed by atoms with Gasteiger partial charge >= 0.3 is 5.97 Å². The monoisotopic (exact) mass is 369 g/mol. The van der Waals surface area contributed by atoms with Gasteiger partial charge in [0.1, 0.15) is 13.2 Å². The van der Waals surface area contributed by atoms with E-state index in [2.05, 4.69) is 15.9 Å². The number of piperidine rings is 1. The Morgan fingerprint density at radius 2 is 2.05 bits per heavy atom. The van der Waals surface area contributed by atoms with E-state index in [1.54, 1.807) is 17.0 Å². The van der Waals surface area contributed by atoms with E-state index in [9.17, 15) is 9.59 Å². The molecule has 0 radical (unpaired) electrons. The van der Waals surface area contributed by atoms with E-state index in [0.29, 0.717) is 54.1 Å². The number of rotatable bonds is 2. The molecule has 0 saturated carbocycles. The Morgan fingerprint density at radius 3 is 2.82 bits per heavy atom. The molecule has 1 aromatic rings. The van der Waals surface area contributed by atoms with Crippen molar-refractivity contribution < 1.29 is 24.2 Å². The van der Waals surface area contributed by atoms with Gasteiger partial charge in [0.05, 0.1) is 10.4 Å². The molecule has 1 saturated heterocycles. The van der Waals surface area contributed by atoms with Crippen LogP contribution in [-0.4, -0.2) is 48.2 Å². The summed E-state index contributed by atoms with van der Waals surface area (Å²) >= 11 is 3.39. The van der Waals surface area contributed by atoms with Gasteiger partial charge in [-0.2, -0.15) is 0 Å². The first-order valence-corrected chi connectivity index (χ1v) is 7.97. The first kappa shape index (κ1) is 15.1. The summed E-state index contributed by atoms with van der Waals surface area (Å²) in [6.45, 7) is 1.75. The first-order valence-electron chi connectivity index (χ1n) is 7.17. The maximum absolute atomic E-state index is 12.6. The van der Waals surface area contributed by atoms with Gasteiger partial charge in [-0.15, -0.1) is 0 Å². The van der Waals surface area contributed by atoms with Gasteiger partial charge in [-0.05, 0) is 40.9 Å². The zero-order valence-corrected chi connectivity index (χ0v) is 13.5. The summed E-state index contributed by atoms with van der Waals surface area (Å²) in [6, 6.07) is 3.35. The Morgan fingerprint density at radius 1 is 1.27 bits per heavy atom. The number of ether oxygens (including phenoxy) is 2. The second-order valence-electron chi connectivity index (χ2n) is 5.41. The molecule has 0 bridgehead atoms. The normalized spacial score (nSPS) is 20.6. The van der Waals surface area contributed by atoms with E-state index < -0.39 is 11.9 Å². The number of amides is 1.